The molecule has 7 nitrogen and oxygen atoms in total. The number of esters is 1. The number of Topliss-reactive ketones (excluding diaryl/α,β-unsaturated/α-hetero) is 1. The van der Waals surface area contributed by atoms with Gasteiger partial charge in [-0.3, -0.25) is 9.59 Å². The molecular weight excluding hydrogens is 334 g/mol. The zero-order chi connectivity index (χ0) is 18.5. The van der Waals surface area contributed by atoms with Crippen LogP contribution in [0.3, 0.4) is 0 Å². The largest absolute Gasteiger partial charge is 0.468 e. The van der Waals surface area contributed by atoms with Crippen molar-refractivity contribution in [1.29, 1.82) is 0 Å². The van der Waals surface area contributed by atoms with Crippen LogP contribution in [-0.4, -0.2) is 45.5 Å². The Morgan fingerprint density at radius 2 is 1.71 bits per heavy atom. The fourth-order valence-electron chi connectivity index (χ4n) is 1.75. The number of methoxy groups -OCH3 is 1. The fraction of sp³-hybridized carbons (Fsp3) is 0.500. The van der Waals surface area contributed by atoms with Crippen molar-refractivity contribution >= 4 is 21.8 Å². The van der Waals surface area contributed by atoms with Gasteiger partial charge in [-0.05, 0) is 39.8 Å². The van der Waals surface area contributed by atoms with Crippen LogP contribution in [0.25, 0.3) is 0 Å². The van der Waals surface area contributed by atoms with Gasteiger partial charge in [0.1, 0.15) is 6.04 Å². The summed E-state index contributed by atoms with van der Waals surface area (Å²) in [4.78, 5) is 23.0. The normalized spacial score (nSPS) is 13.4. The Morgan fingerprint density at radius 3 is 2.12 bits per heavy atom. The van der Waals surface area contributed by atoms with Gasteiger partial charge in [0.05, 0.1) is 24.2 Å². The van der Waals surface area contributed by atoms with Crippen molar-refractivity contribution in [3.8, 4) is 0 Å². The second-order valence-electron chi connectivity index (χ2n) is 6.20. The first-order valence-electron chi connectivity index (χ1n) is 7.31. The smallest absolute Gasteiger partial charge is 0.326 e. The van der Waals surface area contributed by atoms with Crippen LogP contribution in [-0.2, 0) is 24.3 Å². The number of carbonyl (C=O) groups is 2. The number of nitrogens with one attached hydrogen (secondary N) is 1. The molecule has 0 aliphatic rings. The molecule has 0 heterocycles. The molecule has 1 unspecified atom stereocenters. The van der Waals surface area contributed by atoms with Crippen LogP contribution in [0, 0.1) is 0 Å². The maximum absolute atomic E-state index is 12.4. The highest BCUT2D eigenvalue weighted by molar-refractivity contribution is 7.89. The number of carbonyl (C=O) groups excluding carboxylic acids is 2. The van der Waals surface area contributed by atoms with Crippen molar-refractivity contribution in [2.75, 3.05) is 13.7 Å². The third-order valence-corrected chi connectivity index (χ3v) is 4.52. The molecule has 1 aromatic carbocycles. The molecule has 0 bridgehead atoms. The maximum Gasteiger partial charge on any atom is 0.326 e. The number of hydrogen-bond acceptors (Lipinski definition) is 6. The van der Waals surface area contributed by atoms with Gasteiger partial charge in [0, 0.05) is 5.56 Å². The lowest BCUT2D eigenvalue weighted by atomic mass is 10.2. The molecule has 0 amide bonds. The van der Waals surface area contributed by atoms with Gasteiger partial charge in [0.2, 0.25) is 10.0 Å². The number of ether oxygens (including phenoxy) is 2. The van der Waals surface area contributed by atoms with E-state index in [1.807, 2.05) is 0 Å². The van der Waals surface area contributed by atoms with Gasteiger partial charge in [-0.15, -0.1) is 0 Å². The average Bonchev–Trinajstić information content (AvgIpc) is 2.49. The molecule has 0 saturated carbocycles. The van der Waals surface area contributed by atoms with Crippen LogP contribution in [0.4, 0.5) is 0 Å². The molecule has 8 heteroatoms. The van der Waals surface area contributed by atoms with Crippen LogP contribution < -0.4 is 4.72 Å². The van der Waals surface area contributed by atoms with E-state index < -0.39 is 27.6 Å². The van der Waals surface area contributed by atoms with Gasteiger partial charge in [0.25, 0.3) is 0 Å². The van der Waals surface area contributed by atoms with Crippen LogP contribution in [0.1, 0.15) is 38.1 Å². The number of benzene rings is 1. The molecule has 1 N–H and O–H groups in total. The van der Waals surface area contributed by atoms with Crippen molar-refractivity contribution in [2.24, 2.45) is 0 Å². The first kappa shape index (κ1) is 20.3. The standard InChI is InChI=1S/C16H23NO6S/c1-11(18)12-6-8-13(9-7-12)24(20,21)17-14(15(19)22-5)10-23-16(2,3)4/h6-9,14,17H,10H2,1-5H3. The van der Waals surface area contributed by atoms with Crippen molar-refractivity contribution in [3.05, 3.63) is 29.8 Å². The molecule has 0 saturated heterocycles. The number of hydrogen-bond donors (Lipinski definition) is 1. The Balaban J connectivity index is 2.97. The van der Waals surface area contributed by atoms with E-state index in [0.717, 1.165) is 0 Å². The zero-order valence-corrected chi connectivity index (χ0v) is 15.3. The number of sulfonamides is 1. The quantitative estimate of drug-likeness (QED) is 0.587. The first-order valence-corrected chi connectivity index (χ1v) is 8.80. The molecule has 1 aromatic rings. The highest BCUT2D eigenvalue weighted by Crippen LogP contribution is 2.13. The number of ketones is 1. The maximum atomic E-state index is 12.4. The van der Waals surface area contributed by atoms with Crippen LogP contribution in [0.2, 0.25) is 0 Å². The molecule has 0 fully saturated rings. The van der Waals surface area contributed by atoms with Crippen LogP contribution >= 0.6 is 0 Å². The molecule has 0 aromatic heterocycles. The summed E-state index contributed by atoms with van der Waals surface area (Å²) in [6.45, 7) is 6.59. The summed E-state index contributed by atoms with van der Waals surface area (Å²) >= 11 is 0. The Kier molecular flexibility index (Phi) is 6.65. The second-order valence-corrected chi connectivity index (χ2v) is 7.91. The summed E-state index contributed by atoms with van der Waals surface area (Å²) < 4.78 is 37.2. The second kappa shape index (κ2) is 7.87. The molecule has 0 radical (unpaired) electrons. The molecule has 1 atom stereocenters. The van der Waals surface area contributed by atoms with Gasteiger partial charge >= 0.3 is 5.97 Å². The first-order chi connectivity index (χ1) is 11.0. The molecular formula is C16H23NO6S. The van der Waals surface area contributed by atoms with Crippen molar-refractivity contribution in [1.82, 2.24) is 4.72 Å². The summed E-state index contributed by atoms with van der Waals surface area (Å²) in [5, 5.41) is 0. The van der Waals surface area contributed by atoms with E-state index in [2.05, 4.69) is 9.46 Å². The van der Waals surface area contributed by atoms with Gasteiger partial charge in [-0.1, -0.05) is 12.1 Å². The third-order valence-electron chi connectivity index (χ3n) is 3.04. The molecule has 1 rings (SSSR count). The van der Waals surface area contributed by atoms with Crippen molar-refractivity contribution in [2.45, 2.75) is 44.2 Å². The monoisotopic (exact) mass is 357 g/mol. The van der Waals surface area contributed by atoms with Gasteiger partial charge < -0.3 is 9.47 Å². The summed E-state index contributed by atoms with van der Waals surface area (Å²) in [6, 6.07) is 4.26. The molecule has 0 aliphatic heterocycles. The molecule has 0 aliphatic carbocycles. The fourth-order valence-corrected chi connectivity index (χ4v) is 2.92. The lowest BCUT2D eigenvalue weighted by molar-refractivity contribution is -0.145. The Morgan fingerprint density at radius 1 is 1.17 bits per heavy atom. The Hall–Kier alpha value is -1.77. The predicted molar refractivity (Wildman–Crippen MR) is 88.3 cm³/mol. The number of rotatable bonds is 7. The Bertz CT molecular complexity index is 688. The van der Waals surface area contributed by atoms with E-state index >= 15 is 0 Å². The van der Waals surface area contributed by atoms with Crippen molar-refractivity contribution in [3.63, 3.8) is 0 Å². The SMILES string of the molecule is COC(=O)C(COC(C)(C)C)NS(=O)(=O)c1ccc(C(C)=O)cc1. The van der Waals surface area contributed by atoms with Gasteiger partial charge in [-0.25, -0.2) is 8.42 Å². The lowest BCUT2D eigenvalue weighted by Gasteiger charge is -2.23. The van der Waals surface area contributed by atoms with E-state index in [-0.39, 0.29) is 17.3 Å². The minimum atomic E-state index is -3.97. The minimum absolute atomic E-state index is 0.0582. The highest BCUT2D eigenvalue weighted by atomic mass is 32.2. The van der Waals surface area contributed by atoms with Crippen molar-refractivity contribution < 1.29 is 27.5 Å². The van der Waals surface area contributed by atoms with Gasteiger partial charge in [0.15, 0.2) is 5.78 Å². The van der Waals surface area contributed by atoms with E-state index in [0.29, 0.717) is 5.56 Å². The summed E-state index contributed by atoms with van der Waals surface area (Å²) in [5.74, 6) is -0.916. The molecule has 0 spiro atoms. The predicted octanol–water partition coefficient (Wildman–Crippen LogP) is 1.52. The van der Waals surface area contributed by atoms with E-state index in [9.17, 15) is 18.0 Å². The lowest BCUT2D eigenvalue weighted by Crippen LogP contribution is -2.46. The topological polar surface area (TPSA) is 98.8 Å². The third kappa shape index (κ3) is 6.03. The summed E-state index contributed by atoms with van der Waals surface area (Å²) in [6.07, 6.45) is 0. The Labute approximate surface area is 142 Å². The van der Waals surface area contributed by atoms with E-state index in [4.69, 9.17) is 4.74 Å². The average molecular weight is 357 g/mol. The van der Waals surface area contributed by atoms with Crippen LogP contribution in [0.5, 0.6) is 0 Å². The highest BCUT2D eigenvalue weighted by Gasteiger charge is 2.28. The molecule has 134 valence electrons. The zero-order valence-electron chi connectivity index (χ0n) is 14.5. The molecule has 24 heavy (non-hydrogen) atoms. The van der Waals surface area contributed by atoms with E-state index in [1.54, 1.807) is 20.8 Å². The summed E-state index contributed by atoms with van der Waals surface area (Å²) in [5.41, 5.74) is -0.143. The minimum Gasteiger partial charge on any atom is -0.468 e. The van der Waals surface area contributed by atoms with Crippen LogP contribution in [0.15, 0.2) is 29.2 Å². The summed E-state index contributed by atoms with van der Waals surface area (Å²) in [7, 11) is -2.80. The van der Waals surface area contributed by atoms with Gasteiger partial charge in [-0.2, -0.15) is 4.72 Å². The van der Waals surface area contributed by atoms with E-state index in [1.165, 1.54) is 38.3 Å².